The number of alkyl carbamates (subject to hydrolysis) is 1. The number of hydrogen-bond acceptors (Lipinski definition) is 5. The molecule has 1 aromatic heterocycles. The average Bonchev–Trinajstić information content (AvgIpc) is 2.95. The average molecular weight is 359 g/mol. The Morgan fingerprint density at radius 1 is 1.31 bits per heavy atom. The Morgan fingerprint density at radius 3 is 2.77 bits per heavy atom. The van der Waals surface area contributed by atoms with E-state index in [2.05, 4.69) is 15.6 Å². The lowest BCUT2D eigenvalue weighted by atomic mass is 9.92. The fourth-order valence-corrected chi connectivity index (χ4v) is 3.24. The maximum atomic E-state index is 12.2. The molecule has 26 heavy (non-hydrogen) atoms. The van der Waals surface area contributed by atoms with E-state index < -0.39 is 11.7 Å². The van der Waals surface area contributed by atoms with Crippen molar-refractivity contribution in [2.75, 3.05) is 13.7 Å². The summed E-state index contributed by atoms with van der Waals surface area (Å²) in [6.07, 6.45) is -0.453. The van der Waals surface area contributed by atoms with Crippen molar-refractivity contribution in [1.82, 2.24) is 15.6 Å². The Labute approximate surface area is 152 Å². The number of ether oxygens (including phenoxy) is 2. The number of carbonyl (C=O) groups is 2. The zero-order valence-electron chi connectivity index (χ0n) is 15.6. The molecule has 1 aromatic carbocycles. The van der Waals surface area contributed by atoms with Gasteiger partial charge in [-0.15, -0.1) is 0 Å². The maximum absolute atomic E-state index is 12.2. The van der Waals surface area contributed by atoms with E-state index in [-0.39, 0.29) is 11.9 Å². The Balaban J connectivity index is 1.84. The van der Waals surface area contributed by atoms with Crippen molar-refractivity contribution in [2.24, 2.45) is 0 Å². The summed E-state index contributed by atoms with van der Waals surface area (Å²) < 4.78 is 10.2. The van der Waals surface area contributed by atoms with Crippen LogP contribution >= 0.6 is 0 Å². The maximum Gasteiger partial charge on any atom is 0.407 e. The van der Waals surface area contributed by atoms with Crippen LogP contribution in [-0.2, 0) is 27.4 Å². The summed E-state index contributed by atoms with van der Waals surface area (Å²) in [4.78, 5) is 27.4. The SMILES string of the molecule is COC(=O)C1CNCc2[nH]c3ccc(CNC(=O)OC(C)(C)C)cc3c21. The number of amides is 1. The fourth-order valence-electron chi connectivity index (χ4n) is 3.24. The van der Waals surface area contributed by atoms with E-state index in [1.807, 2.05) is 39.0 Å². The number of benzene rings is 1. The number of aromatic amines is 1. The topological polar surface area (TPSA) is 92.5 Å². The van der Waals surface area contributed by atoms with Crippen molar-refractivity contribution in [3.63, 3.8) is 0 Å². The van der Waals surface area contributed by atoms with E-state index in [0.29, 0.717) is 19.6 Å². The van der Waals surface area contributed by atoms with Crippen LogP contribution in [0.15, 0.2) is 18.2 Å². The third-order valence-corrected chi connectivity index (χ3v) is 4.30. The second-order valence-electron chi connectivity index (χ2n) is 7.46. The minimum absolute atomic E-state index is 0.253. The van der Waals surface area contributed by atoms with Crippen molar-refractivity contribution in [3.05, 3.63) is 35.0 Å². The van der Waals surface area contributed by atoms with Gasteiger partial charge in [0.25, 0.3) is 0 Å². The number of rotatable bonds is 3. The van der Waals surface area contributed by atoms with E-state index >= 15 is 0 Å². The molecule has 0 saturated heterocycles. The van der Waals surface area contributed by atoms with E-state index in [1.165, 1.54) is 7.11 Å². The molecule has 1 atom stereocenters. The zero-order chi connectivity index (χ0) is 18.9. The highest BCUT2D eigenvalue weighted by Gasteiger charge is 2.30. The minimum atomic E-state index is -0.533. The summed E-state index contributed by atoms with van der Waals surface area (Å²) >= 11 is 0. The molecule has 0 radical (unpaired) electrons. The summed E-state index contributed by atoms with van der Waals surface area (Å²) in [5.74, 6) is -0.594. The first-order valence-electron chi connectivity index (χ1n) is 8.67. The molecular formula is C19H25N3O4. The molecule has 1 aliphatic rings. The monoisotopic (exact) mass is 359 g/mol. The summed E-state index contributed by atoms with van der Waals surface area (Å²) in [7, 11) is 1.40. The van der Waals surface area contributed by atoms with Crippen LogP contribution in [0.25, 0.3) is 10.9 Å². The minimum Gasteiger partial charge on any atom is -0.469 e. The number of nitrogens with one attached hydrogen (secondary N) is 3. The van der Waals surface area contributed by atoms with Gasteiger partial charge >= 0.3 is 12.1 Å². The van der Waals surface area contributed by atoms with Crippen LogP contribution in [0.5, 0.6) is 0 Å². The van der Waals surface area contributed by atoms with Gasteiger partial charge in [0.1, 0.15) is 5.60 Å². The number of fused-ring (bicyclic) bond motifs is 3. The van der Waals surface area contributed by atoms with Gasteiger partial charge in [0.15, 0.2) is 0 Å². The van der Waals surface area contributed by atoms with Crippen molar-refractivity contribution in [2.45, 2.75) is 45.4 Å². The second kappa shape index (κ2) is 6.99. The van der Waals surface area contributed by atoms with Crippen molar-refractivity contribution >= 4 is 23.0 Å². The van der Waals surface area contributed by atoms with E-state index in [0.717, 1.165) is 27.7 Å². The molecule has 0 aliphatic carbocycles. The van der Waals surface area contributed by atoms with Crippen molar-refractivity contribution in [3.8, 4) is 0 Å². The highest BCUT2D eigenvalue weighted by Crippen LogP contribution is 2.33. The summed E-state index contributed by atoms with van der Waals surface area (Å²) in [6, 6.07) is 5.92. The van der Waals surface area contributed by atoms with Crippen LogP contribution in [0, 0.1) is 0 Å². The van der Waals surface area contributed by atoms with Crippen LogP contribution in [0.4, 0.5) is 4.79 Å². The van der Waals surface area contributed by atoms with Gasteiger partial charge in [0, 0.05) is 36.2 Å². The van der Waals surface area contributed by atoms with Crippen LogP contribution in [0.3, 0.4) is 0 Å². The van der Waals surface area contributed by atoms with Gasteiger partial charge in [-0.05, 0) is 44.0 Å². The predicted octanol–water partition coefficient (Wildman–Crippen LogP) is 2.55. The number of carbonyl (C=O) groups excluding carboxylic acids is 2. The molecule has 0 spiro atoms. The van der Waals surface area contributed by atoms with Crippen LogP contribution in [-0.4, -0.2) is 36.3 Å². The molecule has 1 unspecified atom stereocenters. The number of H-pyrrole nitrogens is 1. The second-order valence-corrected chi connectivity index (χ2v) is 7.46. The molecule has 140 valence electrons. The molecule has 0 saturated carbocycles. The number of methoxy groups -OCH3 is 1. The van der Waals surface area contributed by atoms with E-state index in [9.17, 15) is 9.59 Å². The Hall–Kier alpha value is -2.54. The largest absolute Gasteiger partial charge is 0.469 e. The first-order valence-corrected chi connectivity index (χ1v) is 8.67. The Morgan fingerprint density at radius 2 is 2.08 bits per heavy atom. The Kier molecular flexibility index (Phi) is 4.91. The molecule has 1 aliphatic heterocycles. The van der Waals surface area contributed by atoms with Gasteiger partial charge in [-0.3, -0.25) is 4.79 Å². The van der Waals surface area contributed by atoms with E-state index in [1.54, 1.807) is 0 Å². The van der Waals surface area contributed by atoms with Crippen LogP contribution in [0.2, 0.25) is 0 Å². The molecule has 7 nitrogen and oxygen atoms in total. The summed E-state index contributed by atoms with van der Waals surface area (Å²) in [6.45, 7) is 7.06. The molecule has 3 rings (SSSR count). The number of hydrogen-bond donors (Lipinski definition) is 3. The molecular weight excluding hydrogens is 334 g/mol. The first-order chi connectivity index (χ1) is 12.3. The summed E-state index contributed by atoms with van der Waals surface area (Å²) in [5, 5.41) is 6.99. The van der Waals surface area contributed by atoms with Crippen molar-refractivity contribution in [1.29, 1.82) is 0 Å². The molecule has 2 aromatic rings. The lowest BCUT2D eigenvalue weighted by Crippen LogP contribution is -2.33. The third kappa shape index (κ3) is 3.83. The van der Waals surface area contributed by atoms with E-state index in [4.69, 9.17) is 9.47 Å². The lowest BCUT2D eigenvalue weighted by Gasteiger charge is -2.22. The normalized spacial score (nSPS) is 16.8. The number of esters is 1. The molecule has 0 bridgehead atoms. The molecule has 3 N–H and O–H groups in total. The quantitative estimate of drug-likeness (QED) is 0.733. The van der Waals surface area contributed by atoms with Crippen molar-refractivity contribution < 1.29 is 19.1 Å². The summed E-state index contributed by atoms with van der Waals surface area (Å²) in [5.41, 5.74) is 3.35. The highest BCUT2D eigenvalue weighted by atomic mass is 16.6. The van der Waals surface area contributed by atoms with Gasteiger partial charge in [-0.2, -0.15) is 0 Å². The fraction of sp³-hybridized carbons (Fsp3) is 0.474. The van der Waals surface area contributed by atoms with Gasteiger partial charge < -0.3 is 25.1 Å². The lowest BCUT2D eigenvalue weighted by molar-refractivity contribution is -0.142. The zero-order valence-corrected chi connectivity index (χ0v) is 15.6. The van der Waals surface area contributed by atoms with Gasteiger partial charge in [-0.25, -0.2) is 4.79 Å². The van der Waals surface area contributed by atoms with Crippen LogP contribution < -0.4 is 10.6 Å². The standard InChI is InChI=1S/C19H25N3O4/c1-19(2,3)26-18(24)21-8-11-5-6-14-12(7-11)16-13(17(23)25-4)9-20-10-15(16)22-14/h5-7,13,20,22H,8-10H2,1-4H3,(H,21,24). The smallest absolute Gasteiger partial charge is 0.407 e. The van der Waals surface area contributed by atoms with Gasteiger partial charge in [0.2, 0.25) is 0 Å². The molecule has 2 heterocycles. The third-order valence-electron chi connectivity index (χ3n) is 4.30. The van der Waals surface area contributed by atoms with Gasteiger partial charge in [0.05, 0.1) is 13.0 Å². The van der Waals surface area contributed by atoms with Crippen LogP contribution in [0.1, 0.15) is 43.5 Å². The predicted molar refractivity (Wildman–Crippen MR) is 97.8 cm³/mol. The molecule has 1 amide bonds. The molecule has 0 fully saturated rings. The highest BCUT2D eigenvalue weighted by molar-refractivity contribution is 5.92. The first kappa shape index (κ1) is 18.3. The van der Waals surface area contributed by atoms with Gasteiger partial charge in [-0.1, -0.05) is 6.07 Å². The number of aromatic nitrogens is 1. The molecule has 7 heteroatoms. The Bertz CT molecular complexity index is 835.